The molecule has 5 heteroatoms. The zero-order chi connectivity index (χ0) is 18.9. The second kappa shape index (κ2) is 9.57. The Morgan fingerprint density at radius 3 is 2.52 bits per heavy atom. The summed E-state index contributed by atoms with van der Waals surface area (Å²) in [5.74, 6) is 0.0878. The van der Waals surface area contributed by atoms with Gasteiger partial charge in [-0.2, -0.15) is 5.10 Å². The molecule has 0 aliphatic carbocycles. The van der Waals surface area contributed by atoms with Crippen LogP contribution in [0, 0.1) is 0 Å². The summed E-state index contributed by atoms with van der Waals surface area (Å²) in [4.78, 5) is 14.3. The molecule has 27 heavy (non-hydrogen) atoms. The van der Waals surface area contributed by atoms with Crippen LogP contribution in [0.1, 0.15) is 18.4 Å². The average Bonchev–Trinajstić information content (AvgIpc) is 3.20. The summed E-state index contributed by atoms with van der Waals surface area (Å²) in [6.07, 6.45) is 5.91. The van der Waals surface area contributed by atoms with E-state index in [2.05, 4.69) is 34.5 Å². The van der Waals surface area contributed by atoms with Gasteiger partial charge in [-0.1, -0.05) is 36.4 Å². The SMILES string of the molecule is CN(CCCNC(=O)CCc1cnn(-c2ccccc2)c1)c1ccccc1. The number of para-hydroxylation sites is 2. The van der Waals surface area contributed by atoms with E-state index in [1.54, 1.807) is 0 Å². The number of nitrogens with one attached hydrogen (secondary N) is 1. The second-order valence-corrected chi connectivity index (χ2v) is 6.59. The Bertz CT molecular complexity index is 830. The van der Waals surface area contributed by atoms with Gasteiger partial charge in [-0.15, -0.1) is 0 Å². The molecule has 140 valence electrons. The Balaban J connectivity index is 1.35. The molecular weight excluding hydrogens is 336 g/mol. The summed E-state index contributed by atoms with van der Waals surface area (Å²) in [5.41, 5.74) is 3.29. The van der Waals surface area contributed by atoms with E-state index in [0.29, 0.717) is 19.4 Å². The van der Waals surface area contributed by atoms with Crippen molar-refractivity contribution in [2.75, 3.05) is 25.0 Å². The first-order valence-corrected chi connectivity index (χ1v) is 9.34. The van der Waals surface area contributed by atoms with Gasteiger partial charge >= 0.3 is 0 Å². The van der Waals surface area contributed by atoms with Gasteiger partial charge < -0.3 is 10.2 Å². The number of hydrogen-bond donors (Lipinski definition) is 1. The minimum atomic E-state index is 0.0878. The van der Waals surface area contributed by atoms with Crippen molar-refractivity contribution >= 4 is 11.6 Å². The third-order valence-corrected chi connectivity index (χ3v) is 4.49. The monoisotopic (exact) mass is 362 g/mol. The van der Waals surface area contributed by atoms with Gasteiger partial charge in [-0.3, -0.25) is 4.79 Å². The number of anilines is 1. The fourth-order valence-electron chi connectivity index (χ4n) is 2.91. The van der Waals surface area contributed by atoms with Crippen molar-refractivity contribution in [1.82, 2.24) is 15.1 Å². The number of aryl methyl sites for hydroxylation is 1. The first-order valence-electron chi connectivity index (χ1n) is 9.34. The van der Waals surface area contributed by atoms with E-state index in [-0.39, 0.29) is 5.91 Å². The largest absolute Gasteiger partial charge is 0.375 e. The van der Waals surface area contributed by atoms with E-state index >= 15 is 0 Å². The van der Waals surface area contributed by atoms with Gasteiger partial charge in [0.15, 0.2) is 0 Å². The third-order valence-electron chi connectivity index (χ3n) is 4.49. The van der Waals surface area contributed by atoms with Gasteiger partial charge in [0.2, 0.25) is 5.91 Å². The Labute approximate surface area is 160 Å². The summed E-state index contributed by atoms with van der Waals surface area (Å²) >= 11 is 0. The summed E-state index contributed by atoms with van der Waals surface area (Å²) < 4.78 is 1.84. The first kappa shape index (κ1) is 18.7. The number of carbonyl (C=O) groups excluding carboxylic acids is 1. The van der Waals surface area contributed by atoms with E-state index in [0.717, 1.165) is 24.2 Å². The van der Waals surface area contributed by atoms with Crippen LogP contribution >= 0.6 is 0 Å². The minimum absolute atomic E-state index is 0.0878. The Hall–Kier alpha value is -3.08. The van der Waals surface area contributed by atoms with E-state index in [1.807, 2.05) is 65.6 Å². The Kier molecular flexibility index (Phi) is 6.63. The lowest BCUT2D eigenvalue weighted by atomic mass is 10.2. The molecule has 5 nitrogen and oxygen atoms in total. The number of carbonyl (C=O) groups is 1. The van der Waals surface area contributed by atoms with Crippen LogP contribution in [0.15, 0.2) is 73.1 Å². The lowest BCUT2D eigenvalue weighted by Crippen LogP contribution is -2.28. The molecule has 0 fully saturated rings. The number of benzene rings is 2. The fourth-order valence-corrected chi connectivity index (χ4v) is 2.91. The van der Waals surface area contributed by atoms with E-state index < -0.39 is 0 Å². The van der Waals surface area contributed by atoms with Crippen LogP contribution in [0.5, 0.6) is 0 Å². The zero-order valence-electron chi connectivity index (χ0n) is 15.7. The highest BCUT2D eigenvalue weighted by Crippen LogP contribution is 2.11. The standard InChI is InChI=1S/C22H26N4O/c1-25(20-9-4-2-5-10-20)16-8-15-23-22(27)14-13-19-17-24-26(18-19)21-11-6-3-7-12-21/h2-7,9-12,17-18H,8,13-16H2,1H3,(H,23,27). The lowest BCUT2D eigenvalue weighted by molar-refractivity contribution is -0.121. The molecule has 1 heterocycles. The third kappa shape index (κ3) is 5.71. The predicted molar refractivity (Wildman–Crippen MR) is 109 cm³/mol. The van der Waals surface area contributed by atoms with Gasteiger partial charge in [-0.25, -0.2) is 4.68 Å². The number of amides is 1. The number of nitrogens with zero attached hydrogens (tertiary/aromatic N) is 3. The van der Waals surface area contributed by atoms with E-state index in [4.69, 9.17) is 0 Å². The fraction of sp³-hybridized carbons (Fsp3) is 0.273. The van der Waals surface area contributed by atoms with Crippen molar-refractivity contribution in [3.05, 3.63) is 78.6 Å². The molecule has 0 radical (unpaired) electrons. The molecular formula is C22H26N4O. The molecule has 0 aliphatic rings. The lowest BCUT2D eigenvalue weighted by Gasteiger charge is -2.19. The molecule has 2 aromatic carbocycles. The van der Waals surface area contributed by atoms with E-state index in [1.165, 1.54) is 5.69 Å². The highest BCUT2D eigenvalue weighted by Gasteiger charge is 2.05. The van der Waals surface area contributed by atoms with Gasteiger partial charge in [0.25, 0.3) is 0 Å². The van der Waals surface area contributed by atoms with Crippen molar-refractivity contribution < 1.29 is 4.79 Å². The molecule has 1 amide bonds. The first-order chi connectivity index (χ1) is 13.2. The number of hydrogen-bond acceptors (Lipinski definition) is 3. The Morgan fingerprint density at radius 1 is 1.07 bits per heavy atom. The topological polar surface area (TPSA) is 50.2 Å². The zero-order valence-corrected chi connectivity index (χ0v) is 15.7. The van der Waals surface area contributed by atoms with Crippen molar-refractivity contribution in [2.45, 2.75) is 19.3 Å². The molecule has 0 unspecified atom stereocenters. The quantitative estimate of drug-likeness (QED) is 0.593. The summed E-state index contributed by atoms with van der Waals surface area (Å²) in [7, 11) is 2.07. The van der Waals surface area contributed by atoms with Gasteiger partial charge in [-0.05, 0) is 42.7 Å². The van der Waals surface area contributed by atoms with Crippen molar-refractivity contribution in [1.29, 1.82) is 0 Å². The summed E-state index contributed by atoms with van der Waals surface area (Å²) in [6, 6.07) is 20.2. The molecule has 1 aromatic heterocycles. The minimum Gasteiger partial charge on any atom is -0.375 e. The van der Waals surface area contributed by atoms with Gasteiger partial charge in [0, 0.05) is 38.4 Å². The normalized spacial score (nSPS) is 10.6. The molecule has 0 spiro atoms. The van der Waals surface area contributed by atoms with Crippen LogP contribution in [0.3, 0.4) is 0 Å². The van der Waals surface area contributed by atoms with Crippen LogP contribution in [-0.4, -0.2) is 35.8 Å². The predicted octanol–water partition coefficient (Wildman–Crippen LogP) is 3.45. The highest BCUT2D eigenvalue weighted by atomic mass is 16.1. The molecule has 3 aromatic rings. The smallest absolute Gasteiger partial charge is 0.220 e. The maximum absolute atomic E-state index is 12.1. The van der Waals surface area contributed by atoms with Crippen LogP contribution < -0.4 is 10.2 Å². The van der Waals surface area contributed by atoms with Crippen molar-refractivity contribution in [3.63, 3.8) is 0 Å². The van der Waals surface area contributed by atoms with Crippen molar-refractivity contribution in [2.24, 2.45) is 0 Å². The molecule has 0 aliphatic heterocycles. The molecule has 0 saturated carbocycles. The van der Waals surface area contributed by atoms with Gasteiger partial charge in [0.05, 0.1) is 11.9 Å². The number of aromatic nitrogens is 2. The van der Waals surface area contributed by atoms with E-state index in [9.17, 15) is 4.79 Å². The average molecular weight is 362 g/mol. The van der Waals surface area contributed by atoms with Gasteiger partial charge in [0.1, 0.15) is 0 Å². The second-order valence-electron chi connectivity index (χ2n) is 6.59. The molecule has 0 bridgehead atoms. The molecule has 1 N–H and O–H groups in total. The maximum atomic E-state index is 12.1. The van der Waals surface area contributed by atoms with Crippen LogP contribution in [-0.2, 0) is 11.2 Å². The maximum Gasteiger partial charge on any atom is 0.220 e. The van der Waals surface area contributed by atoms with Crippen molar-refractivity contribution in [3.8, 4) is 5.69 Å². The van der Waals surface area contributed by atoms with Crippen LogP contribution in [0.4, 0.5) is 5.69 Å². The van der Waals surface area contributed by atoms with Crippen LogP contribution in [0.25, 0.3) is 5.69 Å². The molecule has 3 rings (SSSR count). The Morgan fingerprint density at radius 2 is 1.78 bits per heavy atom. The molecule has 0 saturated heterocycles. The summed E-state index contributed by atoms with van der Waals surface area (Å²) in [6.45, 7) is 1.60. The highest BCUT2D eigenvalue weighted by molar-refractivity contribution is 5.76. The number of rotatable bonds is 9. The molecule has 0 atom stereocenters. The van der Waals surface area contributed by atoms with Crippen LogP contribution in [0.2, 0.25) is 0 Å². The summed E-state index contributed by atoms with van der Waals surface area (Å²) in [5, 5.41) is 7.37.